The molecule has 166 valence electrons. The van der Waals surface area contributed by atoms with Crippen molar-refractivity contribution in [3.63, 3.8) is 0 Å². The zero-order valence-corrected chi connectivity index (χ0v) is 18.9. The van der Waals surface area contributed by atoms with Crippen LogP contribution in [0.1, 0.15) is 45.9 Å². The van der Waals surface area contributed by atoms with E-state index in [4.69, 9.17) is 4.74 Å². The molecule has 2 aliphatic rings. The highest BCUT2D eigenvalue weighted by Crippen LogP contribution is 2.52. The SMILES string of the molecule is CO[C@H]1[C@H](NC(=O)c2ccsc2)c2ccccc2C12CCN(Cc1ccccc1F)CC2. The number of piperidine rings is 1. The zero-order chi connectivity index (χ0) is 22.1. The molecule has 0 unspecified atom stereocenters. The number of fused-ring (bicyclic) bond motifs is 2. The van der Waals surface area contributed by atoms with Gasteiger partial charge in [0.1, 0.15) is 5.82 Å². The molecule has 1 saturated heterocycles. The Morgan fingerprint density at radius 3 is 2.62 bits per heavy atom. The molecule has 2 heterocycles. The standard InChI is InChI=1S/C26H27FN2O2S/c1-31-24-23(28-25(30)19-10-15-32-17-19)20-7-3-4-8-21(20)26(24)11-13-29(14-12-26)16-18-6-2-5-9-22(18)27/h2-10,15,17,23-24H,11-14,16H2,1H3,(H,28,30)/t23-,24+/m1/s1. The first-order chi connectivity index (χ1) is 15.6. The van der Waals surface area contributed by atoms with Gasteiger partial charge in [0.15, 0.2) is 0 Å². The van der Waals surface area contributed by atoms with Gasteiger partial charge in [-0.05, 0) is 54.6 Å². The van der Waals surface area contributed by atoms with Crippen LogP contribution in [-0.2, 0) is 16.7 Å². The molecule has 6 heteroatoms. The minimum absolute atomic E-state index is 0.0675. The molecule has 2 atom stereocenters. The van der Waals surface area contributed by atoms with Gasteiger partial charge in [0, 0.05) is 30.0 Å². The fourth-order valence-electron chi connectivity index (χ4n) is 5.52. The van der Waals surface area contributed by atoms with Crippen molar-refractivity contribution < 1.29 is 13.9 Å². The van der Waals surface area contributed by atoms with Crippen molar-refractivity contribution in [1.29, 1.82) is 0 Å². The van der Waals surface area contributed by atoms with Crippen molar-refractivity contribution in [3.05, 3.63) is 93.4 Å². The van der Waals surface area contributed by atoms with Gasteiger partial charge in [0.05, 0.1) is 17.7 Å². The van der Waals surface area contributed by atoms with E-state index in [2.05, 4.69) is 28.4 Å². The number of hydrogen-bond donors (Lipinski definition) is 1. The first-order valence-electron chi connectivity index (χ1n) is 11.0. The van der Waals surface area contributed by atoms with E-state index in [-0.39, 0.29) is 29.3 Å². The van der Waals surface area contributed by atoms with E-state index in [1.54, 1.807) is 13.2 Å². The van der Waals surface area contributed by atoms with Crippen LogP contribution in [0.5, 0.6) is 0 Å². The van der Waals surface area contributed by atoms with E-state index in [0.29, 0.717) is 12.1 Å². The number of ether oxygens (including phenoxy) is 1. The lowest BCUT2D eigenvalue weighted by Gasteiger charge is -2.44. The number of rotatable bonds is 5. The van der Waals surface area contributed by atoms with Gasteiger partial charge in [0.2, 0.25) is 0 Å². The van der Waals surface area contributed by atoms with Crippen molar-refractivity contribution in [3.8, 4) is 0 Å². The van der Waals surface area contributed by atoms with Gasteiger partial charge in [-0.3, -0.25) is 9.69 Å². The number of halogens is 1. The minimum atomic E-state index is -0.193. The van der Waals surface area contributed by atoms with E-state index in [1.807, 2.05) is 35.0 Å². The highest BCUT2D eigenvalue weighted by atomic mass is 32.1. The second kappa shape index (κ2) is 8.77. The first-order valence-corrected chi connectivity index (χ1v) is 12.0. The van der Waals surface area contributed by atoms with Crippen LogP contribution in [0.3, 0.4) is 0 Å². The topological polar surface area (TPSA) is 41.6 Å². The molecule has 1 aliphatic carbocycles. The highest BCUT2D eigenvalue weighted by Gasteiger charge is 2.54. The molecule has 1 aliphatic heterocycles. The second-order valence-electron chi connectivity index (χ2n) is 8.73. The van der Waals surface area contributed by atoms with Gasteiger partial charge >= 0.3 is 0 Å². The maximum atomic E-state index is 14.2. The Kier molecular flexibility index (Phi) is 5.84. The van der Waals surface area contributed by atoms with E-state index in [1.165, 1.54) is 23.0 Å². The minimum Gasteiger partial charge on any atom is -0.378 e. The summed E-state index contributed by atoms with van der Waals surface area (Å²) in [4.78, 5) is 15.2. The van der Waals surface area contributed by atoms with Gasteiger partial charge in [-0.1, -0.05) is 42.5 Å². The van der Waals surface area contributed by atoms with Crippen LogP contribution < -0.4 is 5.32 Å². The van der Waals surface area contributed by atoms with Crippen LogP contribution in [0.4, 0.5) is 4.39 Å². The third kappa shape index (κ3) is 3.66. The molecule has 0 saturated carbocycles. The van der Waals surface area contributed by atoms with Crippen LogP contribution in [0.25, 0.3) is 0 Å². The van der Waals surface area contributed by atoms with E-state index >= 15 is 0 Å². The van der Waals surface area contributed by atoms with Crippen molar-refractivity contribution in [2.45, 2.75) is 36.9 Å². The quantitative estimate of drug-likeness (QED) is 0.600. The summed E-state index contributed by atoms with van der Waals surface area (Å²) in [7, 11) is 1.74. The molecule has 1 N–H and O–H groups in total. The molecule has 0 bridgehead atoms. The van der Waals surface area contributed by atoms with E-state index in [0.717, 1.165) is 37.1 Å². The number of carbonyl (C=O) groups is 1. The summed E-state index contributed by atoms with van der Waals surface area (Å²) >= 11 is 1.52. The number of carbonyl (C=O) groups excluding carboxylic acids is 1. The fourth-order valence-corrected chi connectivity index (χ4v) is 6.16. The Balaban J connectivity index is 1.39. The largest absolute Gasteiger partial charge is 0.378 e. The van der Waals surface area contributed by atoms with Crippen LogP contribution in [0.15, 0.2) is 65.4 Å². The number of nitrogens with zero attached hydrogens (tertiary/aromatic N) is 1. The van der Waals surface area contributed by atoms with Crippen molar-refractivity contribution in [2.75, 3.05) is 20.2 Å². The molecular formula is C26H27FN2O2S. The molecule has 1 aromatic heterocycles. The summed E-state index contributed by atoms with van der Waals surface area (Å²) in [6.07, 6.45) is 1.67. The van der Waals surface area contributed by atoms with Crippen LogP contribution in [-0.4, -0.2) is 37.1 Å². The molecule has 1 spiro atoms. The van der Waals surface area contributed by atoms with Gasteiger partial charge in [-0.25, -0.2) is 4.39 Å². The Morgan fingerprint density at radius 1 is 1.16 bits per heavy atom. The smallest absolute Gasteiger partial charge is 0.252 e. The molecule has 3 aromatic rings. The number of amides is 1. The number of methoxy groups -OCH3 is 1. The molecule has 4 nitrogen and oxygen atoms in total. The van der Waals surface area contributed by atoms with Crippen LogP contribution in [0, 0.1) is 5.82 Å². The molecular weight excluding hydrogens is 423 g/mol. The van der Waals surface area contributed by atoms with Crippen molar-refractivity contribution in [1.82, 2.24) is 10.2 Å². The van der Waals surface area contributed by atoms with Gasteiger partial charge in [-0.2, -0.15) is 11.3 Å². The first kappa shape index (κ1) is 21.3. The van der Waals surface area contributed by atoms with Gasteiger partial charge < -0.3 is 10.1 Å². The molecule has 2 aromatic carbocycles. The van der Waals surface area contributed by atoms with Gasteiger partial charge in [0.25, 0.3) is 5.91 Å². The molecule has 0 radical (unpaired) electrons. The lowest BCUT2D eigenvalue weighted by atomic mass is 9.71. The maximum absolute atomic E-state index is 14.2. The number of hydrogen-bond acceptors (Lipinski definition) is 4. The summed E-state index contributed by atoms with van der Waals surface area (Å²) in [5.74, 6) is -0.216. The maximum Gasteiger partial charge on any atom is 0.252 e. The van der Waals surface area contributed by atoms with Crippen molar-refractivity contribution in [2.24, 2.45) is 0 Å². The number of likely N-dealkylation sites (tertiary alicyclic amines) is 1. The van der Waals surface area contributed by atoms with E-state index in [9.17, 15) is 9.18 Å². The van der Waals surface area contributed by atoms with Gasteiger partial charge in [-0.15, -0.1) is 0 Å². The predicted molar refractivity (Wildman–Crippen MR) is 124 cm³/mol. The van der Waals surface area contributed by atoms with E-state index < -0.39 is 0 Å². The Morgan fingerprint density at radius 2 is 1.91 bits per heavy atom. The second-order valence-corrected chi connectivity index (χ2v) is 9.51. The number of benzene rings is 2. The molecule has 32 heavy (non-hydrogen) atoms. The number of nitrogens with one attached hydrogen (secondary N) is 1. The Hall–Kier alpha value is -2.54. The summed E-state index contributed by atoms with van der Waals surface area (Å²) in [6, 6.07) is 17.1. The molecule has 1 amide bonds. The summed E-state index contributed by atoms with van der Waals surface area (Å²) in [5.41, 5.74) is 3.67. The van der Waals surface area contributed by atoms with Crippen molar-refractivity contribution >= 4 is 17.2 Å². The summed E-state index contributed by atoms with van der Waals surface area (Å²) in [5, 5.41) is 7.03. The Bertz CT molecular complexity index is 1090. The normalized spacial score (nSPS) is 22.1. The lowest BCUT2D eigenvalue weighted by molar-refractivity contribution is -0.0123. The number of thiophene rings is 1. The molecule has 5 rings (SSSR count). The average molecular weight is 451 g/mol. The third-order valence-corrected chi connectivity index (χ3v) is 7.79. The fraction of sp³-hybridized carbons (Fsp3) is 0.346. The van der Waals surface area contributed by atoms with Crippen LogP contribution in [0.2, 0.25) is 0 Å². The highest BCUT2D eigenvalue weighted by molar-refractivity contribution is 7.08. The monoisotopic (exact) mass is 450 g/mol. The lowest BCUT2D eigenvalue weighted by Crippen LogP contribution is -2.50. The average Bonchev–Trinajstić information content (AvgIpc) is 3.44. The van der Waals surface area contributed by atoms with Crippen LogP contribution >= 0.6 is 11.3 Å². The predicted octanol–water partition coefficient (Wildman–Crippen LogP) is 4.92. The Labute approximate surface area is 192 Å². The third-order valence-electron chi connectivity index (χ3n) is 7.10. The molecule has 1 fully saturated rings. The summed E-state index contributed by atoms with van der Waals surface area (Å²) in [6.45, 7) is 2.32. The zero-order valence-electron chi connectivity index (χ0n) is 18.1. The summed E-state index contributed by atoms with van der Waals surface area (Å²) < 4.78 is 20.3.